The van der Waals surface area contributed by atoms with Gasteiger partial charge in [-0.25, -0.2) is 0 Å². The number of fused-ring (bicyclic) bond motifs is 1. The van der Waals surface area contributed by atoms with Crippen molar-refractivity contribution in [1.82, 2.24) is 15.1 Å². The molecule has 1 atom stereocenters. The molecule has 1 aliphatic carbocycles. The fourth-order valence-electron chi connectivity index (χ4n) is 5.13. The predicted molar refractivity (Wildman–Crippen MR) is 121 cm³/mol. The van der Waals surface area contributed by atoms with Crippen LogP contribution in [0.1, 0.15) is 72.2 Å². The Kier molecular flexibility index (Phi) is 5.26. The summed E-state index contributed by atoms with van der Waals surface area (Å²) in [6.45, 7) is 2.17. The molecular weight excluding hydrogens is 386 g/mol. The van der Waals surface area contributed by atoms with E-state index < -0.39 is 0 Å². The van der Waals surface area contributed by atoms with E-state index >= 15 is 0 Å². The minimum atomic E-state index is -0.104. The first kappa shape index (κ1) is 19.9. The van der Waals surface area contributed by atoms with E-state index in [1.54, 1.807) is 7.11 Å². The Morgan fingerprint density at radius 2 is 1.74 bits per heavy atom. The second-order valence-corrected chi connectivity index (χ2v) is 8.59. The molecule has 0 bridgehead atoms. The molecule has 3 aromatic rings. The molecule has 1 unspecified atom stereocenters. The lowest BCUT2D eigenvalue weighted by Gasteiger charge is -2.36. The number of ether oxygens (including phenoxy) is 1. The summed E-state index contributed by atoms with van der Waals surface area (Å²) in [5.41, 5.74) is 5.96. The number of benzene rings is 2. The van der Waals surface area contributed by atoms with E-state index in [1.165, 1.54) is 24.8 Å². The number of amides is 1. The zero-order valence-corrected chi connectivity index (χ0v) is 18.2. The molecule has 1 saturated carbocycles. The van der Waals surface area contributed by atoms with Crippen molar-refractivity contribution in [2.24, 2.45) is 0 Å². The molecule has 2 heterocycles. The van der Waals surface area contributed by atoms with Crippen LogP contribution in [0.25, 0.3) is 11.3 Å². The minimum Gasteiger partial charge on any atom is -0.497 e. The Bertz CT molecular complexity index is 1060. The van der Waals surface area contributed by atoms with Crippen LogP contribution < -0.4 is 4.74 Å². The van der Waals surface area contributed by atoms with Crippen LogP contribution in [0.2, 0.25) is 0 Å². The number of aromatic nitrogens is 2. The molecular formula is C26H29N3O2. The number of H-pyrrole nitrogens is 1. The summed E-state index contributed by atoms with van der Waals surface area (Å²) in [6.07, 6.45) is 6.79. The van der Waals surface area contributed by atoms with E-state index in [0.29, 0.717) is 5.69 Å². The third-order valence-corrected chi connectivity index (χ3v) is 6.84. The van der Waals surface area contributed by atoms with E-state index in [1.807, 2.05) is 24.3 Å². The maximum absolute atomic E-state index is 13.6. The summed E-state index contributed by atoms with van der Waals surface area (Å²) in [5, 5.41) is 7.67. The van der Waals surface area contributed by atoms with Crippen molar-refractivity contribution in [2.45, 2.75) is 57.5 Å². The number of aromatic amines is 1. The number of carbonyl (C=O) groups is 1. The van der Waals surface area contributed by atoms with Crippen LogP contribution in [0.15, 0.2) is 48.5 Å². The summed E-state index contributed by atoms with van der Waals surface area (Å²) >= 11 is 0. The molecule has 0 radical (unpaired) electrons. The van der Waals surface area contributed by atoms with Crippen molar-refractivity contribution in [3.8, 4) is 17.0 Å². The predicted octanol–water partition coefficient (Wildman–Crippen LogP) is 5.53. The lowest BCUT2D eigenvalue weighted by atomic mass is 9.90. The molecule has 5 rings (SSSR count). The molecule has 5 nitrogen and oxygen atoms in total. The van der Waals surface area contributed by atoms with Crippen LogP contribution in [0.5, 0.6) is 5.75 Å². The Labute approximate surface area is 183 Å². The summed E-state index contributed by atoms with van der Waals surface area (Å²) in [7, 11) is 1.66. The van der Waals surface area contributed by atoms with Crippen molar-refractivity contribution in [3.63, 3.8) is 0 Å². The maximum atomic E-state index is 13.6. The van der Waals surface area contributed by atoms with E-state index in [4.69, 9.17) is 4.74 Å². The third kappa shape index (κ3) is 3.42. The van der Waals surface area contributed by atoms with Crippen molar-refractivity contribution in [3.05, 3.63) is 70.9 Å². The van der Waals surface area contributed by atoms with Gasteiger partial charge in [-0.05, 0) is 54.7 Å². The average Bonchev–Trinajstić information content (AvgIpc) is 3.39. The number of nitrogens with zero attached hydrogens (tertiary/aromatic N) is 2. The van der Waals surface area contributed by atoms with Crippen LogP contribution in [0.4, 0.5) is 0 Å². The first-order valence-electron chi connectivity index (χ1n) is 11.4. The van der Waals surface area contributed by atoms with Crippen LogP contribution in [-0.4, -0.2) is 34.2 Å². The molecule has 1 amide bonds. The van der Waals surface area contributed by atoms with Gasteiger partial charge in [-0.3, -0.25) is 9.89 Å². The molecule has 1 fully saturated rings. The Balaban J connectivity index is 1.62. The zero-order chi connectivity index (χ0) is 21.4. The number of carbonyl (C=O) groups excluding carboxylic acids is 1. The smallest absolute Gasteiger partial charge is 0.273 e. The molecule has 31 heavy (non-hydrogen) atoms. The third-order valence-electron chi connectivity index (χ3n) is 6.84. The highest BCUT2D eigenvalue weighted by molar-refractivity contribution is 6.00. The van der Waals surface area contributed by atoms with Gasteiger partial charge in [-0.15, -0.1) is 0 Å². The SMILES string of the molecule is CCc1ccc(C2c3c(-c4ccc(OC)cc4)n[nH]c3C(=O)N2C2CCCCC2)cc1. The summed E-state index contributed by atoms with van der Waals surface area (Å²) in [5.74, 6) is 0.890. The van der Waals surface area contributed by atoms with Crippen molar-refractivity contribution >= 4 is 5.91 Å². The van der Waals surface area contributed by atoms with Crippen molar-refractivity contribution in [2.75, 3.05) is 7.11 Å². The highest BCUT2D eigenvalue weighted by Gasteiger charge is 2.45. The number of methoxy groups -OCH3 is 1. The fraction of sp³-hybridized carbons (Fsp3) is 0.385. The molecule has 2 aromatic carbocycles. The second kappa shape index (κ2) is 8.22. The van der Waals surface area contributed by atoms with E-state index in [2.05, 4.69) is 46.3 Å². The number of hydrogen-bond donors (Lipinski definition) is 1. The normalized spacial score (nSPS) is 19.0. The topological polar surface area (TPSA) is 58.2 Å². The van der Waals surface area contributed by atoms with Crippen LogP contribution in [0.3, 0.4) is 0 Å². The highest BCUT2D eigenvalue weighted by atomic mass is 16.5. The summed E-state index contributed by atoms with van der Waals surface area (Å²) < 4.78 is 5.31. The van der Waals surface area contributed by atoms with Gasteiger partial charge in [0.1, 0.15) is 11.4 Å². The molecule has 160 valence electrons. The van der Waals surface area contributed by atoms with Crippen molar-refractivity contribution in [1.29, 1.82) is 0 Å². The van der Waals surface area contributed by atoms with Gasteiger partial charge in [0.25, 0.3) is 5.91 Å². The van der Waals surface area contributed by atoms with E-state index in [9.17, 15) is 4.79 Å². The fourth-order valence-corrected chi connectivity index (χ4v) is 5.13. The molecule has 1 aromatic heterocycles. The van der Waals surface area contributed by atoms with Crippen LogP contribution in [0, 0.1) is 0 Å². The Morgan fingerprint density at radius 3 is 2.39 bits per heavy atom. The van der Waals surface area contributed by atoms with Gasteiger partial charge in [0.15, 0.2) is 0 Å². The molecule has 2 aliphatic rings. The number of nitrogens with one attached hydrogen (secondary N) is 1. The van der Waals surface area contributed by atoms with Gasteiger partial charge < -0.3 is 9.64 Å². The van der Waals surface area contributed by atoms with E-state index in [-0.39, 0.29) is 18.0 Å². The van der Waals surface area contributed by atoms with Crippen molar-refractivity contribution < 1.29 is 9.53 Å². The van der Waals surface area contributed by atoms with Crippen LogP contribution >= 0.6 is 0 Å². The maximum Gasteiger partial charge on any atom is 0.273 e. The van der Waals surface area contributed by atoms with Gasteiger partial charge in [0.2, 0.25) is 0 Å². The number of hydrogen-bond acceptors (Lipinski definition) is 3. The Hall–Kier alpha value is -3.08. The van der Waals surface area contributed by atoms with E-state index in [0.717, 1.165) is 47.4 Å². The first-order chi connectivity index (χ1) is 15.2. The molecule has 5 heteroatoms. The zero-order valence-electron chi connectivity index (χ0n) is 18.2. The number of rotatable bonds is 5. The first-order valence-corrected chi connectivity index (χ1v) is 11.4. The minimum absolute atomic E-state index is 0.0822. The molecule has 1 N–H and O–H groups in total. The van der Waals surface area contributed by atoms with Gasteiger partial charge in [0.05, 0.1) is 18.8 Å². The van der Waals surface area contributed by atoms with Gasteiger partial charge in [-0.2, -0.15) is 5.10 Å². The Morgan fingerprint density at radius 1 is 1.03 bits per heavy atom. The molecule has 0 saturated heterocycles. The monoisotopic (exact) mass is 415 g/mol. The lowest BCUT2D eigenvalue weighted by Crippen LogP contribution is -2.40. The van der Waals surface area contributed by atoms with Gasteiger partial charge >= 0.3 is 0 Å². The van der Waals surface area contributed by atoms with Gasteiger partial charge in [0, 0.05) is 17.2 Å². The largest absolute Gasteiger partial charge is 0.497 e. The lowest BCUT2D eigenvalue weighted by molar-refractivity contribution is 0.0606. The molecule has 1 aliphatic heterocycles. The second-order valence-electron chi connectivity index (χ2n) is 8.59. The quantitative estimate of drug-likeness (QED) is 0.596. The van der Waals surface area contributed by atoms with Crippen LogP contribution in [-0.2, 0) is 6.42 Å². The highest BCUT2D eigenvalue weighted by Crippen LogP contribution is 2.45. The average molecular weight is 416 g/mol. The number of aryl methyl sites for hydroxylation is 1. The summed E-state index contributed by atoms with van der Waals surface area (Å²) in [6, 6.07) is 16.8. The summed E-state index contributed by atoms with van der Waals surface area (Å²) in [4.78, 5) is 15.7. The molecule has 0 spiro atoms. The standard InChI is InChI=1S/C26H29N3O2/c1-3-17-9-11-19(12-10-17)25-22-23(18-13-15-21(31-2)16-14-18)27-28-24(22)26(30)29(25)20-7-5-4-6-8-20/h9-16,20,25H,3-8H2,1-2H3,(H,27,28). The van der Waals surface area contributed by atoms with Gasteiger partial charge in [-0.1, -0.05) is 50.5 Å².